The van der Waals surface area contributed by atoms with E-state index in [1.807, 2.05) is 24.3 Å². The molecule has 0 spiro atoms. The first-order chi connectivity index (χ1) is 14.0. The monoisotopic (exact) mass is 390 g/mol. The van der Waals surface area contributed by atoms with Crippen molar-refractivity contribution >= 4 is 6.08 Å². The van der Waals surface area contributed by atoms with Crippen molar-refractivity contribution in [3.8, 4) is 11.5 Å². The molecule has 0 amide bonds. The molecule has 3 nitrogen and oxygen atoms in total. The van der Waals surface area contributed by atoms with Crippen LogP contribution in [0.15, 0.2) is 48.0 Å². The van der Waals surface area contributed by atoms with Crippen LogP contribution < -0.4 is 4.74 Å². The second kappa shape index (κ2) is 6.91. The minimum atomic E-state index is -0.364. The molecule has 0 aromatic heterocycles. The molecule has 0 aliphatic heterocycles. The van der Waals surface area contributed by atoms with E-state index in [-0.39, 0.29) is 11.5 Å². The fourth-order valence-corrected chi connectivity index (χ4v) is 6.48. The Hall–Kier alpha value is -2.26. The van der Waals surface area contributed by atoms with Crippen LogP contribution in [-0.4, -0.2) is 23.4 Å². The van der Waals surface area contributed by atoms with Gasteiger partial charge >= 0.3 is 0 Å². The zero-order chi connectivity index (χ0) is 20.2. The van der Waals surface area contributed by atoms with E-state index < -0.39 is 0 Å². The molecule has 0 unspecified atom stereocenters. The van der Waals surface area contributed by atoms with Crippen LogP contribution >= 0.6 is 0 Å². The summed E-state index contributed by atoms with van der Waals surface area (Å²) in [5.41, 5.74) is 5.03. The fourth-order valence-electron chi connectivity index (χ4n) is 6.48. The number of ether oxygens (including phenoxy) is 1. The van der Waals surface area contributed by atoms with E-state index in [0.717, 1.165) is 43.4 Å². The Morgan fingerprint density at radius 1 is 1.10 bits per heavy atom. The summed E-state index contributed by atoms with van der Waals surface area (Å²) in [5, 5.41) is 21.2. The third-order valence-electron chi connectivity index (χ3n) is 8.05. The molecule has 2 aromatic rings. The van der Waals surface area contributed by atoms with Gasteiger partial charge in [0.2, 0.25) is 0 Å². The summed E-state index contributed by atoms with van der Waals surface area (Å²) in [5.74, 6) is 2.92. The highest BCUT2D eigenvalue weighted by Gasteiger charge is 2.56. The first kappa shape index (κ1) is 18.7. The topological polar surface area (TPSA) is 49.7 Å². The lowest BCUT2D eigenvalue weighted by molar-refractivity contribution is -0.0158. The van der Waals surface area contributed by atoms with Gasteiger partial charge in [-0.2, -0.15) is 0 Å². The van der Waals surface area contributed by atoms with Crippen LogP contribution in [0.25, 0.3) is 6.08 Å². The number of phenols is 1. The number of benzene rings is 2. The maximum Gasteiger partial charge on any atom is 0.118 e. The van der Waals surface area contributed by atoms with E-state index in [1.165, 1.54) is 16.7 Å². The van der Waals surface area contributed by atoms with Crippen molar-refractivity contribution in [3.63, 3.8) is 0 Å². The lowest BCUT2D eigenvalue weighted by atomic mass is 9.55. The van der Waals surface area contributed by atoms with Crippen molar-refractivity contribution in [2.45, 2.75) is 51.0 Å². The van der Waals surface area contributed by atoms with Crippen LogP contribution in [0, 0.1) is 17.3 Å². The van der Waals surface area contributed by atoms with Gasteiger partial charge in [0.25, 0.3) is 0 Å². The van der Waals surface area contributed by atoms with Gasteiger partial charge in [0.15, 0.2) is 0 Å². The van der Waals surface area contributed by atoms with Crippen LogP contribution in [0.4, 0.5) is 0 Å². The highest BCUT2D eigenvalue weighted by Crippen LogP contribution is 2.62. The van der Waals surface area contributed by atoms with Gasteiger partial charge in [-0.05, 0) is 96.4 Å². The minimum Gasteiger partial charge on any atom is -0.508 e. The molecule has 5 rings (SSSR count). The average Bonchev–Trinajstić information content (AvgIpc) is 2.99. The molecule has 5 atom stereocenters. The molecular formula is C26H30O3. The van der Waals surface area contributed by atoms with Crippen molar-refractivity contribution in [1.29, 1.82) is 0 Å². The predicted octanol–water partition coefficient (Wildman–Crippen LogP) is 5.31. The summed E-state index contributed by atoms with van der Waals surface area (Å²) < 4.78 is 5.26. The van der Waals surface area contributed by atoms with Gasteiger partial charge in [0, 0.05) is 5.41 Å². The number of fused-ring (bicyclic) bond motifs is 5. The Morgan fingerprint density at radius 2 is 1.90 bits per heavy atom. The standard InChI is InChI=1S/C26H30O3/c1-26-12-11-22-21-10-6-19(27)14-17(21)5-9-23(22)24(26)15-18(25(26)28)13-16-3-7-20(29-2)8-4-16/h3-4,6-8,10,13-14,22-25,27-28H,5,9,11-12,15H2,1-2H3/b18-13+/t22-,23+,24+,25-,26+/m0/s1. The number of phenolic OH excluding ortho intramolecular Hbond substituents is 1. The van der Waals surface area contributed by atoms with Crippen molar-refractivity contribution in [2.24, 2.45) is 17.3 Å². The molecule has 2 saturated carbocycles. The number of hydrogen-bond acceptors (Lipinski definition) is 3. The summed E-state index contributed by atoms with van der Waals surface area (Å²) in [6, 6.07) is 14.0. The lowest BCUT2D eigenvalue weighted by Gasteiger charge is -2.49. The van der Waals surface area contributed by atoms with Gasteiger partial charge in [-0.1, -0.05) is 31.2 Å². The molecule has 0 radical (unpaired) electrons. The van der Waals surface area contributed by atoms with E-state index in [2.05, 4.69) is 31.2 Å². The summed E-state index contributed by atoms with van der Waals surface area (Å²) >= 11 is 0. The molecule has 152 valence electrons. The molecule has 3 aliphatic rings. The van der Waals surface area contributed by atoms with E-state index >= 15 is 0 Å². The summed E-state index contributed by atoms with van der Waals surface area (Å²) in [4.78, 5) is 0. The molecule has 2 N–H and O–H groups in total. The van der Waals surface area contributed by atoms with Crippen LogP contribution in [0.2, 0.25) is 0 Å². The molecule has 0 bridgehead atoms. The maximum absolute atomic E-state index is 11.3. The SMILES string of the molecule is COc1ccc(/C=C2\C[C@@H]3[C@@H]4CCc5cc(O)ccc5[C@@H]4CC[C@@]3(C)[C@H]2O)cc1. The van der Waals surface area contributed by atoms with Gasteiger partial charge in [-0.15, -0.1) is 0 Å². The Bertz CT molecular complexity index is 945. The Morgan fingerprint density at radius 3 is 2.66 bits per heavy atom. The van der Waals surface area contributed by atoms with Crippen molar-refractivity contribution in [3.05, 3.63) is 64.7 Å². The van der Waals surface area contributed by atoms with E-state index in [9.17, 15) is 10.2 Å². The van der Waals surface area contributed by atoms with Crippen molar-refractivity contribution in [1.82, 2.24) is 0 Å². The van der Waals surface area contributed by atoms with Crippen LogP contribution in [-0.2, 0) is 6.42 Å². The normalized spacial score (nSPS) is 34.4. The Balaban J connectivity index is 1.45. The molecule has 3 heteroatoms. The number of methoxy groups -OCH3 is 1. The predicted molar refractivity (Wildman–Crippen MR) is 115 cm³/mol. The number of rotatable bonds is 2. The van der Waals surface area contributed by atoms with Gasteiger partial charge < -0.3 is 14.9 Å². The van der Waals surface area contributed by atoms with Crippen LogP contribution in [0.1, 0.15) is 55.2 Å². The Labute approximate surface area is 173 Å². The fraction of sp³-hybridized carbons (Fsp3) is 0.462. The number of aliphatic hydroxyl groups is 1. The van der Waals surface area contributed by atoms with Gasteiger partial charge in [0.05, 0.1) is 13.2 Å². The second-order valence-electron chi connectivity index (χ2n) is 9.44. The van der Waals surface area contributed by atoms with E-state index in [4.69, 9.17) is 4.74 Å². The quantitative estimate of drug-likeness (QED) is 0.730. The maximum atomic E-state index is 11.3. The first-order valence-electron chi connectivity index (χ1n) is 10.8. The molecule has 29 heavy (non-hydrogen) atoms. The first-order valence-corrected chi connectivity index (χ1v) is 10.8. The highest BCUT2D eigenvalue weighted by atomic mass is 16.5. The van der Waals surface area contributed by atoms with Gasteiger partial charge in [-0.3, -0.25) is 0 Å². The van der Waals surface area contributed by atoms with E-state index in [0.29, 0.717) is 23.5 Å². The van der Waals surface area contributed by atoms with Gasteiger partial charge in [-0.25, -0.2) is 0 Å². The molecule has 2 fully saturated rings. The molecule has 2 aromatic carbocycles. The van der Waals surface area contributed by atoms with Gasteiger partial charge in [0.1, 0.15) is 11.5 Å². The number of aliphatic hydroxyl groups excluding tert-OH is 1. The third-order valence-corrected chi connectivity index (χ3v) is 8.05. The lowest BCUT2D eigenvalue weighted by Crippen LogP contribution is -2.44. The van der Waals surface area contributed by atoms with Crippen LogP contribution in [0.5, 0.6) is 11.5 Å². The minimum absolute atomic E-state index is 0.0338. The summed E-state index contributed by atoms with van der Waals surface area (Å²) in [6.45, 7) is 2.31. The average molecular weight is 391 g/mol. The zero-order valence-electron chi connectivity index (χ0n) is 17.3. The smallest absolute Gasteiger partial charge is 0.118 e. The molecule has 3 aliphatic carbocycles. The molecule has 0 saturated heterocycles. The Kier molecular flexibility index (Phi) is 4.47. The summed E-state index contributed by atoms with van der Waals surface area (Å²) in [7, 11) is 1.68. The largest absolute Gasteiger partial charge is 0.508 e. The van der Waals surface area contributed by atoms with Crippen molar-refractivity contribution in [2.75, 3.05) is 7.11 Å². The van der Waals surface area contributed by atoms with Crippen molar-refractivity contribution < 1.29 is 14.9 Å². The molecular weight excluding hydrogens is 360 g/mol. The third kappa shape index (κ3) is 2.98. The van der Waals surface area contributed by atoms with Crippen LogP contribution in [0.3, 0.4) is 0 Å². The number of hydrogen-bond donors (Lipinski definition) is 2. The second-order valence-corrected chi connectivity index (χ2v) is 9.44. The number of aryl methyl sites for hydroxylation is 1. The zero-order valence-corrected chi connectivity index (χ0v) is 17.3. The summed E-state index contributed by atoms with van der Waals surface area (Å²) in [6.07, 6.45) is 7.18. The molecule has 0 heterocycles. The number of aromatic hydroxyl groups is 1. The highest BCUT2D eigenvalue weighted by molar-refractivity contribution is 5.56. The van der Waals surface area contributed by atoms with E-state index in [1.54, 1.807) is 7.11 Å².